The second-order valence-corrected chi connectivity index (χ2v) is 7.09. The van der Waals surface area contributed by atoms with Crippen molar-refractivity contribution < 1.29 is 19.1 Å². The van der Waals surface area contributed by atoms with E-state index in [-0.39, 0.29) is 30.1 Å². The maximum Gasteiger partial charge on any atom is 0.262 e. The van der Waals surface area contributed by atoms with E-state index >= 15 is 0 Å². The maximum atomic E-state index is 12.9. The fourth-order valence-electron chi connectivity index (χ4n) is 3.66. The molecule has 1 aromatic heterocycles. The van der Waals surface area contributed by atoms with Gasteiger partial charge in [0.05, 0.1) is 5.69 Å². The van der Waals surface area contributed by atoms with Crippen molar-refractivity contribution in [1.82, 2.24) is 14.7 Å². The lowest BCUT2D eigenvalue weighted by atomic mass is 9.88. The number of Topliss-reactive ketones (excluding diaryl/α,β-unsaturated/α-hetero) is 1. The predicted molar refractivity (Wildman–Crippen MR) is 101 cm³/mol. The highest BCUT2D eigenvalue weighted by atomic mass is 16.5. The monoisotopic (exact) mass is 382 g/mol. The number of fused-ring (bicyclic) bond motifs is 1. The number of rotatable bonds is 5. The number of carbonyl (C=O) groups excluding carboxylic acids is 3. The molecule has 28 heavy (non-hydrogen) atoms. The number of hydrogen-bond acceptors (Lipinski definition) is 5. The van der Waals surface area contributed by atoms with Crippen LogP contribution in [0.25, 0.3) is 0 Å². The number of nitrogens with one attached hydrogen (secondary N) is 1. The number of hydrogen-bond donors (Lipinski definition) is 1. The Morgan fingerprint density at radius 2 is 2.07 bits per heavy atom. The zero-order valence-corrected chi connectivity index (χ0v) is 15.5. The van der Waals surface area contributed by atoms with Crippen molar-refractivity contribution in [1.29, 1.82) is 0 Å². The number of amides is 2. The molecule has 8 heteroatoms. The molecule has 0 atom stereocenters. The minimum atomic E-state index is -0.223. The second kappa shape index (κ2) is 7.84. The zero-order chi connectivity index (χ0) is 19.5. The van der Waals surface area contributed by atoms with Gasteiger partial charge in [0, 0.05) is 49.9 Å². The number of aryl methyl sites for hydroxylation is 1. The normalized spacial score (nSPS) is 16.9. The van der Waals surface area contributed by atoms with Crippen molar-refractivity contribution in [2.45, 2.75) is 25.8 Å². The van der Waals surface area contributed by atoms with Crippen LogP contribution in [0.2, 0.25) is 0 Å². The number of anilines is 1. The van der Waals surface area contributed by atoms with Crippen molar-refractivity contribution in [2.75, 3.05) is 25.0 Å². The first kappa shape index (κ1) is 18.2. The average molecular weight is 382 g/mol. The number of piperidine rings is 1. The summed E-state index contributed by atoms with van der Waals surface area (Å²) in [7, 11) is 0. The SMILES string of the molecule is O=C1COc2ccc(C(=O)C3CCN(C(=O)CCn4cccn4)CC3)cc2N1. The van der Waals surface area contributed by atoms with Gasteiger partial charge in [-0.25, -0.2) is 0 Å². The van der Waals surface area contributed by atoms with Crippen LogP contribution in [0.5, 0.6) is 5.75 Å². The fraction of sp³-hybridized carbons (Fsp3) is 0.400. The Morgan fingerprint density at radius 1 is 1.25 bits per heavy atom. The summed E-state index contributed by atoms with van der Waals surface area (Å²) >= 11 is 0. The minimum absolute atomic E-state index is 0.00677. The fourth-order valence-corrected chi connectivity index (χ4v) is 3.66. The quantitative estimate of drug-likeness (QED) is 0.795. The first-order chi connectivity index (χ1) is 13.6. The summed E-state index contributed by atoms with van der Waals surface area (Å²) < 4.78 is 7.08. The van der Waals surface area contributed by atoms with Crippen LogP contribution in [0.3, 0.4) is 0 Å². The molecular formula is C20H22N4O4. The third kappa shape index (κ3) is 3.90. The summed E-state index contributed by atoms with van der Waals surface area (Å²) in [6, 6.07) is 6.96. The second-order valence-electron chi connectivity index (χ2n) is 7.09. The largest absolute Gasteiger partial charge is 0.482 e. The molecule has 1 aromatic carbocycles. The van der Waals surface area contributed by atoms with Crippen LogP contribution in [-0.2, 0) is 16.1 Å². The molecule has 146 valence electrons. The molecule has 0 spiro atoms. The number of carbonyl (C=O) groups is 3. The van der Waals surface area contributed by atoms with Crippen molar-refractivity contribution in [3.8, 4) is 5.75 Å². The van der Waals surface area contributed by atoms with Crippen molar-refractivity contribution in [3.63, 3.8) is 0 Å². The van der Waals surface area contributed by atoms with Gasteiger partial charge in [0.25, 0.3) is 5.91 Å². The Balaban J connectivity index is 1.32. The van der Waals surface area contributed by atoms with Gasteiger partial charge in [0.15, 0.2) is 12.4 Å². The number of ketones is 1. The van der Waals surface area contributed by atoms with E-state index in [0.29, 0.717) is 55.9 Å². The van der Waals surface area contributed by atoms with Gasteiger partial charge < -0.3 is 15.0 Å². The van der Waals surface area contributed by atoms with Crippen LogP contribution in [0.4, 0.5) is 5.69 Å². The molecule has 0 unspecified atom stereocenters. The number of benzene rings is 1. The van der Waals surface area contributed by atoms with Crippen molar-refractivity contribution >= 4 is 23.3 Å². The first-order valence-corrected chi connectivity index (χ1v) is 9.46. The Morgan fingerprint density at radius 3 is 2.82 bits per heavy atom. The number of nitrogens with zero attached hydrogens (tertiary/aromatic N) is 3. The molecule has 1 N–H and O–H groups in total. The van der Waals surface area contributed by atoms with E-state index < -0.39 is 0 Å². The maximum absolute atomic E-state index is 12.9. The lowest BCUT2D eigenvalue weighted by Crippen LogP contribution is -2.40. The molecule has 4 rings (SSSR count). The highest BCUT2D eigenvalue weighted by Gasteiger charge is 2.28. The highest BCUT2D eigenvalue weighted by molar-refractivity contribution is 6.01. The lowest BCUT2D eigenvalue weighted by molar-refractivity contribution is -0.132. The summed E-state index contributed by atoms with van der Waals surface area (Å²) in [5.41, 5.74) is 1.10. The van der Waals surface area contributed by atoms with Crippen molar-refractivity contribution in [2.24, 2.45) is 5.92 Å². The van der Waals surface area contributed by atoms with E-state index in [4.69, 9.17) is 4.74 Å². The third-order valence-electron chi connectivity index (χ3n) is 5.23. The summed E-state index contributed by atoms with van der Waals surface area (Å²) in [4.78, 5) is 38.5. The third-order valence-corrected chi connectivity index (χ3v) is 5.23. The Kier molecular flexibility index (Phi) is 5.10. The van der Waals surface area contributed by atoms with Gasteiger partial charge in [0.1, 0.15) is 5.75 Å². The number of likely N-dealkylation sites (tertiary alicyclic amines) is 1. The minimum Gasteiger partial charge on any atom is -0.482 e. The number of aromatic nitrogens is 2. The van der Waals surface area contributed by atoms with E-state index in [0.717, 1.165) is 0 Å². The van der Waals surface area contributed by atoms with Gasteiger partial charge >= 0.3 is 0 Å². The Hall–Kier alpha value is -3.16. The first-order valence-electron chi connectivity index (χ1n) is 9.46. The molecule has 0 bridgehead atoms. The summed E-state index contributed by atoms with van der Waals surface area (Å²) in [6.07, 6.45) is 5.23. The molecule has 3 heterocycles. The molecule has 1 saturated heterocycles. The topological polar surface area (TPSA) is 93.5 Å². The standard InChI is InChI=1S/C20H22N4O4/c25-18-13-28-17-3-2-15(12-16(17)22-18)20(27)14-4-9-23(10-5-14)19(26)6-11-24-8-1-7-21-24/h1-3,7-8,12,14H,4-6,9-11,13H2,(H,22,25). The molecule has 2 amide bonds. The van der Waals surface area contributed by atoms with E-state index in [2.05, 4.69) is 10.4 Å². The zero-order valence-electron chi connectivity index (χ0n) is 15.5. The smallest absolute Gasteiger partial charge is 0.262 e. The Bertz CT molecular complexity index is 886. The predicted octanol–water partition coefficient (Wildman–Crippen LogP) is 1.73. The molecular weight excluding hydrogens is 360 g/mol. The molecule has 1 fully saturated rings. The summed E-state index contributed by atoms with van der Waals surface area (Å²) in [5.74, 6) is 0.377. The molecule has 0 aliphatic carbocycles. The summed E-state index contributed by atoms with van der Waals surface area (Å²) in [6.45, 7) is 1.72. The van der Waals surface area contributed by atoms with Crippen LogP contribution in [0.1, 0.15) is 29.6 Å². The van der Waals surface area contributed by atoms with E-state index in [1.807, 2.05) is 17.2 Å². The molecule has 2 aliphatic rings. The van der Waals surface area contributed by atoms with Crippen LogP contribution < -0.4 is 10.1 Å². The van der Waals surface area contributed by atoms with Crippen LogP contribution in [0.15, 0.2) is 36.7 Å². The van der Waals surface area contributed by atoms with Crippen molar-refractivity contribution in [3.05, 3.63) is 42.2 Å². The van der Waals surface area contributed by atoms with E-state index in [9.17, 15) is 14.4 Å². The van der Waals surface area contributed by atoms with Gasteiger partial charge in [-0.05, 0) is 37.1 Å². The molecule has 0 saturated carbocycles. The van der Waals surface area contributed by atoms with Gasteiger partial charge in [-0.1, -0.05) is 0 Å². The van der Waals surface area contributed by atoms with Gasteiger partial charge in [-0.2, -0.15) is 5.10 Å². The van der Waals surface area contributed by atoms with Gasteiger partial charge in [-0.15, -0.1) is 0 Å². The number of ether oxygens (including phenoxy) is 1. The molecule has 0 radical (unpaired) electrons. The van der Waals surface area contributed by atoms with Crippen LogP contribution in [0, 0.1) is 5.92 Å². The molecule has 8 nitrogen and oxygen atoms in total. The Labute approximate surface area is 162 Å². The summed E-state index contributed by atoms with van der Waals surface area (Å²) in [5, 5.41) is 6.83. The van der Waals surface area contributed by atoms with E-state index in [1.54, 1.807) is 29.1 Å². The van der Waals surface area contributed by atoms with Gasteiger partial charge in [-0.3, -0.25) is 19.1 Å². The van der Waals surface area contributed by atoms with Crippen LogP contribution >= 0.6 is 0 Å². The lowest BCUT2D eigenvalue weighted by Gasteiger charge is -2.31. The highest BCUT2D eigenvalue weighted by Crippen LogP contribution is 2.30. The van der Waals surface area contributed by atoms with E-state index in [1.165, 1.54) is 0 Å². The molecule has 2 aliphatic heterocycles. The molecule has 2 aromatic rings. The average Bonchev–Trinajstić information content (AvgIpc) is 3.24. The van der Waals surface area contributed by atoms with Crippen LogP contribution in [-0.4, -0.2) is 52.0 Å². The van der Waals surface area contributed by atoms with Gasteiger partial charge in [0.2, 0.25) is 5.91 Å².